The topological polar surface area (TPSA) is 137 Å². The van der Waals surface area contributed by atoms with E-state index in [1.165, 1.54) is 0 Å². The van der Waals surface area contributed by atoms with Gasteiger partial charge in [-0.25, -0.2) is 9.78 Å². The Bertz CT molecular complexity index is 1430. The number of nitrogens with zero attached hydrogens (tertiary/aromatic N) is 3. The van der Waals surface area contributed by atoms with Crippen LogP contribution in [0.3, 0.4) is 0 Å². The van der Waals surface area contributed by atoms with Gasteiger partial charge in [0.05, 0.1) is 29.8 Å². The summed E-state index contributed by atoms with van der Waals surface area (Å²) in [6.07, 6.45) is -0.519. The first-order chi connectivity index (χ1) is 17.8. The molecule has 2 aromatic heterocycles. The van der Waals surface area contributed by atoms with Crippen molar-refractivity contribution in [3.63, 3.8) is 0 Å². The number of hydrogen-bond acceptors (Lipinski definition) is 7. The number of imidazole rings is 1. The molecule has 5 rings (SSSR count). The molecule has 4 aromatic rings. The Kier molecular flexibility index (Phi) is 6.70. The van der Waals surface area contributed by atoms with Crippen molar-refractivity contribution in [3.05, 3.63) is 42.0 Å². The van der Waals surface area contributed by atoms with E-state index in [1.807, 2.05) is 12.1 Å². The third-order valence-corrected chi connectivity index (χ3v) is 5.97. The number of aromatic nitrogens is 4. The van der Waals surface area contributed by atoms with Crippen molar-refractivity contribution in [1.29, 1.82) is 0 Å². The molecule has 1 fully saturated rings. The number of nitrogens with one attached hydrogen (secondary N) is 4. The summed E-state index contributed by atoms with van der Waals surface area (Å²) < 4.78 is 10.7. The molecule has 37 heavy (non-hydrogen) atoms. The lowest BCUT2D eigenvalue weighted by Gasteiger charge is -2.28. The van der Waals surface area contributed by atoms with Crippen molar-refractivity contribution in [3.8, 4) is 11.5 Å². The molecule has 0 atom stereocenters. The van der Waals surface area contributed by atoms with E-state index in [0.717, 1.165) is 53.9 Å². The van der Waals surface area contributed by atoms with Gasteiger partial charge in [0.25, 0.3) is 5.91 Å². The summed E-state index contributed by atoms with van der Waals surface area (Å²) in [7, 11) is 0. The van der Waals surface area contributed by atoms with Crippen molar-refractivity contribution in [1.82, 2.24) is 30.8 Å². The number of aromatic amines is 2. The third-order valence-electron chi connectivity index (χ3n) is 5.97. The summed E-state index contributed by atoms with van der Waals surface area (Å²) in [5.74, 6) is 0.374. The summed E-state index contributed by atoms with van der Waals surface area (Å²) in [5, 5.41) is 13.7. The number of ether oxygens (including phenoxy) is 2. The Morgan fingerprint density at radius 2 is 1.84 bits per heavy atom. The van der Waals surface area contributed by atoms with Crippen molar-refractivity contribution >= 4 is 39.6 Å². The van der Waals surface area contributed by atoms with Gasteiger partial charge >= 0.3 is 6.09 Å². The molecular weight excluding hydrogens is 474 g/mol. The van der Waals surface area contributed by atoms with Gasteiger partial charge in [0.1, 0.15) is 11.3 Å². The molecule has 194 valence electrons. The molecule has 0 spiro atoms. The van der Waals surface area contributed by atoms with E-state index in [0.29, 0.717) is 17.1 Å². The van der Waals surface area contributed by atoms with Crippen LogP contribution in [0.4, 0.5) is 10.5 Å². The Morgan fingerprint density at radius 1 is 1.05 bits per heavy atom. The lowest BCUT2D eigenvalue weighted by Crippen LogP contribution is -2.37. The van der Waals surface area contributed by atoms with Crippen LogP contribution in [0.15, 0.2) is 36.4 Å². The van der Waals surface area contributed by atoms with Gasteiger partial charge in [0.15, 0.2) is 5.82 Å². The Balaban J connectivity index is 1.29. The number of H-pyrrole nitrogens is 2. The van der Waals surface area contributed by atoms with Gasteiger partial charge in [-0.1, -0.05) is 0 Å². The zero-order valence-electron chi connectivity index (χ0n) is 21.2. The molecule has 2 aromatic carbocycles. The number of morpholine rings is 1. The monoisotopic (exact) mass is 505 g/mol. The first-order valence-electron chi connectivity index (χ1n) is 12.3. The van der Waals surface area contributed by atoms with Crippen LogP contribution in [0.2, 0.25) is 0 Å². The highest BCUT2D eigenvalue weighted by Crippen LogP contribution is 2.29. The molecule has 1 aliphatic rings. The summed E-state index contributed by atoms with van der Waals surface area (Å²) in [6, 6.07) is 11.5. The maximum Gasteiger partial charge on any atom is 0.407 e. The Labute approximate surface area is 213 Å². The number of anilines is 1. The maximum atomic E-state index is 12.7. The average molecular weight is 506 g/mol. The summed E-state index contributed by atoms with van der Waals surface area (Å²) >= 11 is 0. The standard InChI is InChI=1S/C26H31N7O4/c1-26(2,3)37-25(35)28-9-8-27-24(34)16-4-6-19-18(14-16)22(32-31-19)23-29-20-7-5-17(15-21(20)30-23)33-10-12-36-13-11-33/h4-7,14-15H,8-13H2,1-3H3,(H,27,34)(H,28,35)(H,29,30)(H,31,32). The fourth-order valence-corrected chi connectivity index (χ4v) is 4.22. The van der Waals surface area contributed by atoms with Gasteiger partial charge in [-0.3, -0.25) is 9.89 Å². The number of fused-ring (bicyclic) bond motifs is 2. The number of benzene rings is 2. The van der Waals surface area contributed by atoms with Crippen molar-refractivity contribution in [2.24, 2.45) is 0 Å². The van der Waals surface area contributed by atoms with Crippen LogP contribution in [-0.2, 0) is 9.47 Å². The predicted octanol–water partition coefficient (Wildman–Crippen LogP) is 3.20. The number of hydrogen-bond donors (Lipinski definition) is 4. The molecule has 11 heteroatoms. The van der Waals surface area contributed by atoms with E-state index in [9.17, 15) is 9.59 Å². The Hall–Kier alpha value is -4.12. The van der Waals surface area contributed by atoms with E-state index in [1.54, 1.807) is 32.9 Å². The maximum absolute atomic E-state index is 12.7. The van der Waals surface area contributed by atoms with Gasteiger partial charge in [-0.2, -0.15) is 5.10 Å². The van der Waals surface area contributed by atoms with Crippen LogP contribution in [0.25, 0.3) is 33.5 Å². The zero-order valence-corrected chi connectivity index (χ0v) is 21.2. The summed E-state index contributed by atoms with van der Waals surface area (Å²) in [5.41, 5.74) is 4.23. The first-order valence-corrected chi connectivity index (χ1v) is 12.3. The summed E-state index contributed by atoms with van der Waals surface area (Å²) in [4.78, 5) is 34.9. The second kappa shape index (κ2) is 10.1. The van der Waals surface area contributed by atoms with Crippen LogP contribution in [0, 0.1) is 0 Å². The molecule has 0 bridgehead atoms. The normalized spacial score (nSPS) is 14.2. The summed E-state index contributed by atoms with van der Waals surface area (Å²) in [6.45, 7) is 9.07. The number of amides is 2. The Morgan fingerprint density at radius 3 is 2.62 bits per heavy atom. The van der Waals surface area contributed by atoms with Gasteiger partial charge in [-0.15, -0.1) is 0 Å². The van der Waals surface area contributed by atoms with Crippen molar-refractivity contribution < 1.29 is 19.1 Å². The minimum Gasteiger partial charge on any atom is -0.444 e. The lowest BCUT2D eigenvalue weighted by molar-refractivity contribution is 0.0526. The molecule has 0 unspecified atom stereocenters. The van der Waals surface area contributed by atoms with Crippen molar-refractivity contribution in [2.75, 3.05) is 44.3 Å². The lowest BCUT2D eigenvalue weighted by atomic mass is 10.1. The van der Waals surface area contributed by atoms with E-state index in [-0.39, 0.29) is 19.0 Å². The highest BCUT2D eigenvalue weighted by molar-refractivity contribution is 6.01. The van der Waals surface area contributed by atoms with E-state index in [4.69, 9.17) is 14.5 Å². The minimum absolute atomic E-state index is 0.250. The third kappa shape index (κ3) is 5.67. The average Bonchev–Trinajstić information content (AvgIpc) is 3.49. The SMILES string of the molecule is CC(C)(C)OC(=O)NCCNC(=O)c1ccc2[nH]nc(-c3nc4ccc(N5CCOCC5)cc4[nH]3)c2c1. The number of carbonyl (C=O) groups excluding carboxylic acids is 2. The second-order valence-corrected chi connectivity index (χ2v) is 9.90. The zero-order chi connectivity index (χ0) is 26.0. The van der Waals surface area contributed by atoms with E-state index >= 15 is 0 Å². The first kappa shape index (κ1) is 24.6. The van der Waals surface area contributed by atoms with Crippen LogP contribution in [0.5, 0.6) is 0 Å². The molecule has 4 N–H and O–H groups in total. The second-order valence-electron chi connectivity index (χ2n) is 9.90. The van der Waals surface area contributed by atoms with Gasteiger partial charge < -0.3 is 30.0 Å². The van der Waals surface area contributed by atoms with E-state index < -0.39 is 11.7 Å². The van der Waals surface area contributed by atoms with Crippen LogP contribution in [-0.4, -0.2) is 77.2 Å². The molecule has 0 aliphatic carbocycles. The van der Waals surface area contributed by atoms with Gasteiger partial charge in [-0.05, 0) is 57.2 Å². The quantitative estimate of drug-likeness (QED) is 0.295. The van der Waals surface area contributed by atoms with Crippen LogP contribution >= 0.6 is 0 Å². The molecule has 3 heterocycles. The molecule has 0 radical (unpaired) electrons. The van der Waals surface area contributed by atoms with Crippen LogP contribution < -0.4 is 15.5 Å². The fourth-order valence-electron chi connectivity index (χ4n) is 4.22. The largest absolute Gasteiger partial charge is 0.444 e. The molecule has 2 amide bonds. The number of carbonyl (C=O) groups is 2. The van der Waals surface area contributed by atoms with Crippen LogP contribution in [0.1, 0.15) is 31.1 Å². The predicted molar refractivity (Wildman–Crippen MR) is 141 cm³/mol. The minimum atomic E-state index is -0.573. The molecule has 1 saturated heterocycles. The molecule has 0 saturated carbocycles. The number of rotatable bonds is 6. The van der Waals surface area contributed by atoms with Gasteiger partial charge in [0.2, 0.25) is 0 Å². The van der Waals surface area contributed by atoms with Crippen molar-refractivity contribution in [2.45, 2.75) is 26.4 Å². The van der Waals surface area contributed by atoms with E-state index in [2.05, 4.69) is 42.8 Å². The number of alkyl carbamates (subject to hydrolysis) is 1. The smallest absolute Gasteiger partial charge is 0.407 e. The fraction of sp³-hybridized carbons (Fsp3) is 0.385. The highest BCUT2D eigenvalue weighted by Gasteiger charge is 2.18. The van der Waals surface area contributed by atoms with Gasteiger partial charge in [0, 0.05) is 42.8 Å². The molecule has 1 aliphatic heterocycles. The molecule has 11 nitrogen and oxygen atoms in total. The highest BCUT2D eigenvalue weighted by atomic mass is 16.6. The molecular formula is C26H31N7O4.